The number of pyridine rings is 1. The number of hydrogen-bond acceptors (Lipinski definition) is 5. The van der Waals surface area contributed by atoms with Gasteiger partial charge in [-0.1, -0.05) is 23.2 Å². The molecule has 0 fully saturated rings. The van der Waals surface area contributed by atoms with E-state index in [0.717, 1.165) is 5.75 Å². The van der Waals surface area contributed by atoms with Crippen LogP contribution in [0.15, 0.2) is 42.6 Å². The van der Waals surface area contributed by atoms with Gasteiger partial charge in [0.25, 0.3) is 5.91 Å². The summed E-state index contributed by atoms with van der Waals surface area (Å²) < 4.78 is 5.66. The van der Waals surface area contributed by atoms with E-state index in [1.165, 1.54) is 17.6 Å². The molecule has 6 nitrogen and oxygen atoms in total. The standard InChI is InChI=1S/C17H17Cl2N3O3/c1-11(10-25-14-5-3-13(18)4-6-14)21-17-15(19)8-12(9-20-17)2-7-16(23)22-24/h2-9,11,24H,10H2,1H3,(H,20,21)(H,22,23)/t11-/m1/s1. The maximum atomic E-state index is 11.0. The summed E-state index contributed by atoms with van der Waals surface area (Å²) in [6.45, 7) is 2.35. The predicted molar refractivity (Wildman–Crippen MR) is 98.2 cm³/mol. The van der Waals surface area contributed by atoms with Crippen LogP contribution in [-0.4, -0.2) is 28.7 Å². The smallest absolute Gasteiger partial charge is 0.267 e. The van der Waals surface area contributed by atoms with Crippen molar-refractivity contribution in [3.63, 3.8) is 0 Å². The minimum atomic E-state index is -0.633. The van der Waals surface area contributed by atoms with Gasteiger partial charge in [0.05, 0.1) is 11.1 Å². The predicted octanol–water partition coefficient (Wildman–Crippen LogP) is 3.79. The van der Waals surface area contributed by atoms with Crippen molar-refractivity contribution in [2.24, 2.45) is 0 Å². The molecule has 1 aromatic carbocycles. The Morgan fingerprint density at radius 1 is 1.36 bits per heavy atom. The molecule has 2 aromatic rings. The molecule has 0 bridgehead atoms. The molecule has 0 aliphatic rings. The molecule has 1 heterocycles. The SMILES string of the molecule is C[C@H](COc1ccc(Cl)cc1)Nc1ncc(C=CC(=O)NO)cc1Cl. The summed E-state index contributed by atoms with van der Waals surface area (Å²) in [6.07, 6.45) is 4.21. The zero-order valence-electron chi connectivity index (χ0n) is 13.4. The van der Waals surface area contributed by atoms with Crippen molar-refractivity contribution in [3.8, 4) is 5.75 Å². The van der Waals surface area contributed by atoms with E-state index in [2.05, 4.69) is 10.3 Å². The highest BCUT2D eigenvalue weighted by Crippen LogP contribution is 2.22. The summed E-state index contributed by atoms with van der Waals surface area (Å²) in [4.78, 5) is 15.2. The van der Waals surface area contributed by atoms with Crippen molar-refractivity contribution in [2.75, 3.05) is 11.9 Å². The highest BCUT2D eigenvalue weighted by atomic mass is 35.5. The van der Waals surface area contributed by atoms with E-state index >= 15 is 0 Å². The molecule has 1 aromatic heterocycles. The molecule has 3 N–H and O–H groups in total. The van der Waals surface area contributed by atoms with Crippen LogP contribution >= 0.6 is 23.2 Å². The number of nitrogens with one attached hydrogen (secondary N) is 2. The fourth-order valence-electron chi connectivity index (χ4n) is 1.89. The van der Waals surface area contributed by atoms with E-state index in [4.69, 9.17) is 33.1 Å². The monoisotopic (exact) mass is 381 g/mol. The van der Waals surface area contributed by atoms with E-state index in [1.807, 2.05) is 6.92 Å². The van der Waals surface area contributed by atoms with Crippen molar-refractivity contribution >= 4 is 41.0 Å². The van der Waals surface area contributed by atoms with Crippen LogP contribution in [0.4, 0.5) is 5.82 Å². The highest BCUT2D eigenvalue weighted by Gasteiger charge is 2.08. The Labute approximate surface area is 155 Å². The number of halogens is 2. The summed E-state index contributed by atoms with van der Waals surface area (Å²) in [6, 6.07) is 8.73. The van der Waals surface area contributed by atoms with Gasteiger partial charge in [-0.05, 0) is 48.9 Å². The van der Waals surface area contributed by atoms with Crippen LogP contribution < -0.4 is 15.5 Å². The highest BCUT2D eigenvalue weighted by molar-refractivity contribution is 6.33. The van der Waals surface area contributed by atoms with Crippen molar-refractivity contribution in [3.05, 3.63) is 58.2 Å². The quantitative estimate of drug-likeness (QED) is 0.386. The second kappa shape index (κ2) is 9.27. The van der Waals surface area contributed by atoms with Gasteiger partial charge in [0.2, 0.25) is 0 Å². The first-order chi connectivity index (χ1) is 12.0. The van der Waals surface area contributed by atoms with Crippen LogP contribution in [0, 0.1) is 0 Å². The molecule has 1 atom stereocenters. The zero-order valence-corrected chi connectivity index (χ0v) is 14.9. The summed E-state index contributed by atoms with van der Waals surface area (Å²) in [5.74, 6) is 0.601. The van der Waals surface area contributed by atoms with Crippen LogP contribution in [0.25, 0.3) is 6.08 Å². The topological polar surface area (TPSA) is 83.5 Å². The van der Waals surface area contributed by atoms with Crippen LogP contribution in [-0.2, 0) is 4.79 Å². The number of carbonyl (C=O) groups is 1. The minimum absolute atomic E-state index is 0.0396. The fraction of sp³-hybridized carbons (Fsp3) is 0.176. The van der Waals surface area contributed by atoms with Gasteiger partial charge in [0, 0.05) is 17.3 Å². The molecule has 0 unspecified atom stereocenters. The molecule has 0 saturated carbocycles. The second-order valence-corrected chi connectivity index (χ2v) is 6.06. The van der Waals surface area contributed by atoms with Crippen LogP contribution in [0.2, 0.25) is 10.0 Å². The van der Waals surface area contributed by atoms with Crippen molar-refractivity contribution in [1.82, 2.24) is 10.5 Å². The van der Waals surface area contributed by atoms with Crippen molar-refractivity contribution in [2.45, 2.75) is 13.0 Å². The van der Waals surface area contributed by atoms with Gasteiger partial charge in [-0.15, -0.1) is 0 Å². The molecule has 2 rings (SSSR count). The first-order valence-corrected chi connectivity index (χ1v) is 8.16. The maximum absolute atomic E-state index is 11.0. The molecular formula is C17H17Cl2N3O3. The molecule has 1 amide bonds. The maximum Gasteiger partial charge on any atom is 0.267 e. The third-order valence-corrected chi connectivity index (χ3v) is 3.64. The summed E-state index contributed by atoms with van der Waals surface area (Å²) >= 11 is 12.0. The molecule has 0 radical (unpaired) electrons. The average molecular weight is 382 g/mol. The molecular weight excluding hydrogens is 365 g/mol. The number of anilines is 1. The lowest BCUT2D eigenvalue weighted by Gasteiger charge is -2.16. The normalized spacial score (nSPS) is 12.0. The van der Waals surface area contributed by atoms with Gasteiger partial charge in [0.15, 0.2) is 0 Å². The Hall–Kier alpha value is -2.28. The molecule has 0 aliphatic carbocycles. The number of hydroxylamine groups is 1. The van der Waals surface area contributed by atoms with Crippen molar-refractivity contribution < 1.29 is 14.7 Å². The van der Waals surface area contributed by atoms with E-state index in [0.29, 0.717) is 28.0 Å². The molecule has 132 valence electrons. The number of benzene rings is 1. The van der Waals surface area contributed by atoms with Crippen LogP contribution in [0.3, 0.4) is 0 Å². The first kappa shape index (κ1) is 19.1. The molecule has 25 heavy (non-hydrogen) atoms. The second-order valence-electron chi connectivity index (χ2n) is 5.22. The molecule has 8 heteroatoms. The van der Waals surface area contributed by atoms with Crippen LogP contribution in [0.1, 0.15) is 12.5 Å². The van der Waals surface area contributed by atoms with Gasteiger partial charge in [-0.25, -0.2) is 10.5 Å². The third-order valence-electron chi connectivity index (χ3n) is 3.10. The number of ether oxygens (including phenoxy) is 1. The lowest BCUT2D eigenvalue weighted by Crippen LogP contribution is -2.24. The van der Waals surface area contributed by atoms with Crippen LogP contribution in [0.5, 0.6) is 5.75 Å². The Morgan fingerprint density at radius 2 is 2.08 bits per heavy atom. The van der Waals surface area contributed by atoms with E-state index in [-0.39, 0.29) is 6.04 Å². The summed E-state index contributed by atoms with van der Waals surface area (Å²) in [7, 11) is 0. The van der Waals surface area contributed by atoms with E-state index < -0.39 is 5.91 Å². The van der Waals surface area contributed by atoms with Crippen molar-refractivity contribution in [1.29, 1.82) is 0 Å². The number of rotatable bonds is 7. The Balaban J connectivity index is 1.91. The lowest BCUT2D eigenvalue weighted by molar-refractivity contribution is -0.124. The number of hydrogen-bond donors (Lipinski definition) is 3. The van der Waals surface area contributed by atoms with Gasteiger partial charge in [0.1, 0.15) is 18.2 Å². The van der Waals surface area contributed by atoms with Gasteiger partial charge < -0.3 is 10.1 Å². The number of aromatic nitrogens is 1. The zero-order chi connectivity index (χ0) is 18.2. The summed E-state index contributed by atoms with van der Waals surface area (Å²) in [5, 5.41) is 12.7. The molecule has 0 saturated heterocycles. The average Bonchev–Trinajstić information content (AvgIpc) is 2.61. The fourth-order valence-corrected chi connectivity index (χ4v) is 2.24. The number of nitrogens with zero attached hydrogens (tertiary/aromatic N) is 1. The lowest BCUT2D eigenvalue weighted by atomic mass is 10.2. The number of amides is 1. The summed E-state index contributed by atoms with van der Waals surface area (Å²) in [5.41, 5.74) is 2.13. The van der Waals surface area contributed by atoms with Gasteiger partial charge >= 0.3 is 0 Å². The molecule has 0 spiro atoms. The largest absolute Gasteiger partial charge is 0.491 e. The van der Waals surface area contributed by atoms with Gasteiger partial charge in [-0.2, -0.15) is 0 Å². The Morgan fingerprint density at radius 3 is 2.72 bits per heavy atom. The number of carbonyl (C=O) groups excluding carboxylic acids is 1. The van der Waals surface area contributed by atoms with E-state index in [1.54, 1.807) is 36.5 Å². The van der Waals surface area contributed by atoms with Gasteiger partial charge in [-0.3, -0.25) is 10.0 Å². The van der Waals surface area contributed by atoms with E-state index in [9.17, 15) is 4.79 Å². The Bertz CT molecular complexity index is 751. The first-order valence-electron chi connectivity index (χ1n) is 7.40. The third kappa shape index (κ3) is 6.26. The Kier molecular flexibility index (Phi) is 7.06. The molecule has 0 aliphatic heterocycles. The minimum Gasteiger partial charge on any atom is -0.491 e.